The summed E-state index contributed by atoms with van der Waals surface area (Å²) >= 11 is 0. The monoisotopic (exact) mass is 263 g/mol. The van der Waals surface area contributed by atoms with Gasteiger partial charge in [0, 0.05) is 18.8 Å². The van der Waals surface area contributed by atoms with Gasteiger partial charge in [0.2, 0.25) is 5.95 Å². The zero-order chi connectivity index (χ0) is 13.7. The first-order valence-corrected chi connectivity index (χ1v) is 7.96. The lowest BCUT2D eigenvalue weighted by atomic mass is 10.1. The van der Waals surface area contributed by atoms with E-state index in [4.69, 9.17) is 0 Å². The van der Waals surface area contributed by atoms with E-state index >= 15 is 0 Å². The molecule has 1 aromatic heterocycles. The molecule has 1 saturated carbocycles. The van der Waals surface area contributed by atoms with Crippen molar-refractivity contribution in [1.82, 2.24) is 9.55 Å². The largest absolute Gasteiger partial charge is 0.356 e. The molecule has 0 atom stereocenters. The highest BCUT2D eigenvalue weighted by Gasteiger charge is 2.19. The van der Waals surface area contributed by atoms with E-state index in [1.54, 1.807) is 0 Å². The summed E-state index contributed by atoms with van der Waals surface area (Å²) in [6, 6.07) is 0.680. The lowest BCUT2D eigenvalue weighted by molar-refractivity contribution is 0.519. The van der Waals surface area contributed by atoms with Crippen LogP contribution in [0.2, 0.25) is 0 Å². The van der Waals surface area contributed by atoms with Crippen molar-refractivity contribution in [3.05, 3.63) is 11.9 Å². The van der Waals surface area contributed by atoms with E-state index in [9.17, 15) is 0 Å². The number of anilines is 1. The Labute approximate surface area is 117 Å². The predicted molar refractivity (Wildman–Crippen MR) is 81.6 cm³/mol. The molecule has 3 heteroatoms. The maximum absolute atomic E-state index is 4.64. The van der Waals surface area contributed by atoms with Gasteiger partial charge >= 0.3 is 0 Å². The van der Waals surface area contributed by atoms with E-state index in [1.807, 2.05) is 0 Å². The van der Waals surface area contributed by atoms with Crippen molar-refractivity contribution in [3.8, 4) is 0 Å². The van der Waals surface area contributed by atoms with Crippen LogP contribution in [-0.4, -0.2) is 16.1 Å². The van der Waals surface area contributed by atoms with Crippen LogP contribution in [0, 0.1) is 12.8 Å². The summed E-state index contributed by atoms with van der Waals surface area (Å²) in [7, 11) is 0. The van der Waals surface area contributed by atoms with Gasteiger partial charge in [-0.05, 0) is 32.1 Å². The van der Waals surface area contributed by atoms with Gasteiger partial charge in [0.05, 0.1) is 5.69 Å². The minimum atomic E-state index is 0.680. The van der Waals surface area contributed by atoms with E-state index in [-0.39, 0.29) is 0 Å². The Hall–Kier alpha value is -0.990. The smallest absolute Gasteiger partial charge is 0.203 e. The van der Waals surface area contributed by atoms with Gasteiger partial charge in [-0.15, -0.1) is 0 Å². The minimum absolute atomic E-state index is 0.680. The van der Waals surface area contributed by atoms with Crippen molar-refractivity contribution >= 4 is 5.95 Å². The van der Waals surface area contributed by atoms with Crippen LogP contribution >= 0.6 is 0 Å². The third kappa shape index (κ3) is 4.26. The molecule has 0 amide bonds. The molecule has 2 rings (SSSR count). The second-order valence-corrected chi connectivity index (χ2v) is 6.37. The summed E-state index contributed by atoms with van der Waals surface area (Å²) in [6.45, 7) is 7.73. The van der Waals surface area contributed by atoms with E-state index < -0.39 is 0 Å². The zero-order valence-corrected chi connectivity index (χ0v) is 12.8. The maximum atomic E-state index is 4.64. The summed E-state index contributed by atoms with van der Waals surface area (Å²) in [4.78, 5) is 4.64. The first-order valence-electron chi connectivity index (χ1n) is 7.96. The zero-order valence-electron chi connectivity index (χ0n) is 12.8. The van der Waals surface area contributed by atoms with Gasteiger partial charge in [-0.25, -0.2) is 4.98 Å². The molecule has 1 N–H and O–H groups in total. The fourth-order valence-corrected chi connectivity index (χ4v) is 2.99. The van der Waals surface area contributed by atoms with Gasteiger partial charge in [-0.2, -0.15) is 0 Å². The Morgan fingerprint density at radius 1 is 1.32 bits per heavy atom. The first kappa shape index (κ1) is 14.4. The number of nitrogens with one attached hydrogen (secondary N) is 1. The fraction of sp³-hybridized carbons (Fsp3) is 0.812. The number of aryl methyl sites for hydroxylation is 1. The number of hydrogen-bond acceptors (Lipinski definition) is 2. The highest BCUT2D eigenvalue weighted by molar-refractivity contribution is 5.29. The second-order valence-electron chi connectivity index (χ2n) is 6.37. The van der Waals surface area contributed by atoms with E-state index in [0.717, 1.165) is 24.1 Å². The molecule has 108 valence electrons. The van der Waals surface area contributed by atoms with Crippen LogP contribution in [0.1, 0.15) is 70.5 Å². The summed E-state index contributed by atoms with van der Waals surface area (Å²) in [5.41, 5.74) is 1.14. The lowest BCUT2D eigenvalue weighted by Crippen LogP contribution is -2.11. The summed E-state index contributed by atoms with van der Waals surface area (Å²) < 4.78 is 2.38. The van der Waals surface area contributed by atoms with Gasteiger partial charge in [0.1, 0.15) is 0 Å². The topological polar surface area (TPSA) is 29.9 Å². The quantitative estimate of drug-likeness (QED) is 0.732. The van der Waals surface area contributed by atoms with Gasteiger partial charge in [-0.1, -0.05) is 39.5 Å². The molecule has 0 spiro atoms. The fourth-order valence-electron chi connectivity index (χ4n) is 2.99. The number of hydrogen-bond donors (Lipinski definition) is 1. The van der Waals surface area contributed by atoms with Gasteiger partial charge in [-0.3, -0.25) is 0 Å². The van der Waals surface area contributed by atoms with Crippen molar-refractivity contribution in [1.29, 1.82) is 0 Å². The van der Waals surface area contributed by atoms with Gasteiger partial charge in [0.15, 0.2) is 0 Å². The van der Waals surface area contributed by atoms with E-state index in [1.165, 1.54) is 44.9 Å². The van der Waals surface area contributed by atoms with Crippen LogP contribution in [-0.2, 0) is 0 Å². The molecule has 0 saturated heterocycles. The molecule has 1 aromatic rings. The molecule has 1 heterocycles. The van der Waals surface area contributed by atoms with Gasteiger partial charge in [0.25, 0.3) is 0 Å². The molecule has 1 aliphatic rings. The molecule has 1 fully saturated rings. The van der Waals surface area contributed by atoms with Crippen LogP contribution in [0.4, 0.5) is 5.95 Å². The van der Waals surface area contributed by atoms with Crippen LogP contribution in [0.15, 0.2) is 6.20 Å². The highest BCUT2D eigenvalue weighted by atomic mass is 15.2. The number of unbranched alkanes of at least 4 members (excludes halogenated alkanes) is 1. The summed E-state index contributed by atoms with van der Waals surface area (Å²) in [5, 5.41) is 3.54. The molecule has 3 nitrogen and oxygen atoms in total. The van der Waals surface area contributed by atoms with Crippen molar-refractivity contribution < 1.29 is 0 Å². The Morgan fingerprint density at radius 3 is 2.74 bits per heavy atom. The number of nitrogens with zero attached hydrogens (tertiary/aromatic N) is 2. The van der Waals surface area contributed by atoms with Crippen molar-refractivity contribution in [3.63, 3.8) is 0 Å². The maximum Gasteiger partial charge on any atom is 0.203 e. The lowest BCUT2D eigenvalue weighted by Gasteiger charge is -2.15. The predicted octanol–water partition coefficient (Wildman–Crippen LogP) is 4.54. The minimum Gasteiger partial charge on any atom is -0.356 e. The first-order chi connectivity index (χ1) is 9.16. The second kappa shape index (κ2) is 6.97. The Morgan fingerprint density at radius 2 is 2.05 bits per heavy atom. The molecule has 0 aliphatic heterocycles. The molecular weight excluding hydrogens is 234 g/mol. The number of rotatable bonds is 7. The molecule has 0 unspecified atom stereocenters. The van der Waals surface area contributed by atoms with E-state index in [2.05, 4.69) is 41.8 Å². The average molecular weight is 263 g/mol. The Bertz CT molecular complexity index is 375. The molecular formula is C16H29N3. The van der Waals surface area contributed by atoms with Crippen molar-refractivity contribution in [2.75, 3.05) is 11.9 Å². The Kier molecular flexibility index (Phi) is 5.29. The molecule has 0 radical (unpaired) electrons. The van der Waals surface area contributed by atoms with Crippen LogP contribution in [0.25, 0.3) is 0 Å². The highest BCUT2D eigenvalue weighted by Crippen LogP contribution is 2.32. The Balaban J connectivity index is 1.82. The van der Waals surface area contributed by atoms with Crippen LogP contribution in [0.3, 0.4) is 0 Å². The normalized spacial score (nSPS) is 16.4. The summed E-state index contributed by atoms with van der Waals surface area (Å²) in [6.07, 6.45) is 11.5. The molecule has 19 heavy (non-hydrogen) atoms. The van der Waals surface area contributed by atoms with Crippen molar-refractivity contribution in [2.24, 2.45) is 5.92 Å². The standard InChI is InChI=1S/C16H29N3/c1-13(2)8-6-7-11-17-16-18-14(3)12-19(16)15-9-4-5-10-15/h12-13,15H,4-11H2,1-3H3,(H,17,18). The third-order valence-electron chi connectivity index (χ3n) is 4.06. The van der Waals surface area contributed by atoms with E-state index in [0.29, 0.717) is 6.04 Å². The van der Waals surface area contributed by atoms with Crippen molar-refractivity contribution in [2.45, 2.75) is 71.8 Å². The number of aromatic nitrogens is 2. The molecule has 0 aromatic carbocycles. The third-order valence-corrected chi connectivity index (χ3v) is 4.06. The summed E-state index contributed by atoms with van der Waals surface area (Å²) in [5.74, 6) is 1.91. The molecule has 1 aliphatic carbocycles. The van der Waals surface area contributed by atoms with Crippen LogP contribution in [0.5, 0.6) is 0 Å². The molecule has 0 bridgehead atoms. The SMILES string of the molecule is Cc1cn(C2CCCC2)c(NCCCCC(C)C)n1. The van der Waals surface area contributed by atoms with Crippen LogP contribution < -0.4 is 5.32 Å². The number of imidazole rings is 1. The van der Waals surface area contributed by atoms with Gasteiger partial charge < -0.3 is 9.88 Å². The average Bonchev–Trinajstić information content (AvgIpc) is 2.97.